The number of carbonyl (C=O) groups excluding carboxylic acids is 2. The predicted molar refractivity (Wildman–Crippen MR) is 102 cm³/mol. The molecule has 0 bridgehead atoms. The predicted octanol–water partition coefficient (Wildman–Crippen LogP) is 3.41. The first kappa shape index (κ1) is 19.9. The van der Waals surface area contributed by atoms with Crippen LogP contribution in [0, 0.1) is 6.92 Å². The fourth-order valence-corrected chi connectivity index (χ4v) is 3.65. The van der Waals surface area contributed by atoms with E-state index in [9.17, 15) is 18.0 Å². The second-order valence-corrected chi connectivity index (χ2v) is 8.33. The number of amides is 2. The molecule has 8 heteroatoms. The lowest BCUT2D eigenvalue weighted by Gasteiger charge is -2.09. The molecular weight excluding hydrogens is 376 g/mol. The van der Waals surface area contributed by atoms with E-state index < -0.39 is 15.7 Å². The average Bonchev–Trinajstić information content (AvgIpc) is 2.56. The molecule has 0 fully saturated rings. The second-order valence-electron chi connectivity index (χ2n) is 5.78. The Balaban J connectivity index is 1.99. The van der Waals surface area contributed by atoms with Gasteiger partial charge >= 0.3 is 0 Å². The van der Waals surface area contributed by atoms with Crippen molar-refractivity contribution in [2.75, 3.05) is 16.4 Å². The van der Waals surface area contributed by atoms with Crippen molar-refractivity contribution in [3.63, 3.8) is 0 Å². The molecule has 0 spiro atoms. The van der Waals surface area contributed by atoms with Crippen LogP contribution in [0.1, 0.15) is 18.9 Å². The minimum atomic E-state index is -3.61. The molecule has 2 aromatic carbocycles. The number of halogens is 1. The number of rotatable bonds is 6. The van der Waals surface area contributed by atoms with Crippen LogP contribution in [-0.4, -0.2) is 26.0 Å². The standard InChI is InChI=1S/C18H19ClN2O4S/c1-12-3-4-14(19)11-17(12)21-18(23)9-10-26(24,25)16-7-5-15(6-8-16)20-13(2)22/h3-8,11H,9-10H2,1-2H3,(H,20,22)(H,21,23). The molecule has 2 aromatic rings. The molecule has 0 saturated heterocycles. The fourth-order valence-electron chi connectivity index (χ4n) is 2.24. The lowest BCUT2D eigenvalue weighted by molar-refractivity contribution is -0.116. The number of aryl methyl sites for hydroxylation is 1. The number of sulfone groups is 1. The molecule has 2 amide bonds. The Bertz CT molecular complexity index is 925. The second kappa shape index (κ2) is 8.33. The van der Waals surface area contributed by atoms with E-state index in [1.807, 2.05) is 6.92 Å². The normalized spacial score (nSPS) is 11.0. The zero-order valence-corrected chi connectivity index (χ0v) is 15.9. The van der Waals surface area contributed by atoms with Gasteiger partial charge in [0.25, 0.3) is 0 Å². The minimum Gasteiger partial charge on any atom is -0.326 e. The van der Waals surface area contributed by atoms with E-state index in [4.69, 9.17) is 11.6 Å². The van der Waals surface area contributed by atoms with Crippen molar-refractivity contribution >= 4 is 44.6 Å². The maximum absolute atomic E-state index is 12.4. The van der Waals surface area contributed by atoms with Gasteiger partial charge in [0.15, 0.2) is 9.84 Å². The number of nitrogens with one attached hydrogen (secondary N) is 2. The van der Waals surface area contributed by atoms with Crippen LogP contribution >= 0.6 is 11.6 Å². The minimum absolute atomic E-state index is 0.0957. The third-order valence-electron chi connectivity index (χ3n) is 3.61. The summed E-state index contributed by atoms with van der Waals surface area (Å²) in [5, 5.41) is 5.72. The summed E-state index contributed by atoms with van der Waals surface area (Å²) in [4.78, 5) is 23.1. The third kappa shape index (κ3) is 5.57. The molecule has 0 saturated carbocycles. The fraction of sp³-hybridized carbons (Fsp3) is 0.222. The van der Waals surface area contributed by atoms with E-state index in [0.29, 0.717) is 16.4 Å². The smallest absolute Gasteiger partial charge is 0.225 e. The van der Waals surface area contributed by atoms with Crippen LogP contribution in [0.4, 0.5) is 11.4 Å². The largest absolute Gasteiger partial charge is 0.326 e. The maximum atomic E-state index is 12.4. The average molecular weight is 395 g/mol. The molecule has 0 aliphatic carbocycles. The van der Waals surface area contributed by atoms with E-state index in [0.717, 1.165) is 5.56 Å². The summed E-state index contributed by atoms with van der Waals surface area (Å²) in [6.45, 7) is 3.18. The highest BCUT2D eigenvalue weighted by Crippen LogP contribution is 2.21. The van der Waals surface area contributed by atoms with E-state index in [1.54, 1.807) is 18.2 Å². The van der Waals surface area contributed by atoms with Gasteiger partial charge in [-0.15, -0.1) is 0 Å². The van der Waals surface area contributed by atoms with Crippen LogP contribution < -0.4 is 10.6 Å². The zero-order valence-electron chi connectivity index (χ0n) is 14.4. The Kier molecular flexibility index (Phi) is 6.39. The van der Waals surface area contributed by atoms with Crippen LogP contribution in [0.5, 0.6) is 0 Å². The van der Waals surface area contributed by atoms with Gasteiger partial charge in [-0.2, -0.15) is 0 Å². The monoisotopic (exact) mass is 394 g/mol. The molecule has 0 aliphatic heterocycles. The Morgan fingerprint density at radius 2 is 1.69 bits per heavy atom. The van der Waals surface area contributed by atoms with Crippen molar-refractivity contribution in [2.24, 2.45) is 0 Å². The van der Waals surface area contributed by atoms with Gasteiger partial charge in [0.05, 0.1) is 10.6 Å². The molecule has 0 unspecified atom stereocenters. The highest BCUT2D eigenvalue weighted by molar-refractivity contribution is 7.91. The molecule has 2 rings (SSSR count). The molecule has 6 nitrogen and oxygen atoms in total. The first-order valence-corrected chi connectivity index (χ1v) is 9.87. The summed E-state index contributed by atoms with van der Waals surface area (Å²) < 4.78 is 24.7. The van der Waals surface area contributed by atoms with Gasteiger partial charge in [0, 0.05) is 29.7 Å². The lowest BCUT2D eigenvalue weighted by Crippen LogP contribution is -2.18. The van der Waals surface area contributed by atoms with E-state index in [2.05, 4.69) is 10.6 Å². The van der Waals surface area contributed by atoms with Crippen LogP contribution in [0.25, 0.3) is 0 Å². The SMILES string of the molecule is CC(=O)Nc1ccc(S(=O)(=O)CCC(=O)Nc2cc(Cl)ccc2C)cc1. The van der Waals surface area contributed by atoms with Gasteiger partial charge in [-0.25, -0.2) is 8.42 Å². The molecule has 0 aromatic heterocycles. The van der Waals surface area contributed by atoms with Crippen LogP contribution in [0.3, 0.4) is 0 Å². The first-order valence-electron chi connectivity index (χ1n) is 7.84. The van der Waals surface area contributed by atoms with Crippen molar-refractivity contribution in [1.29, 1.82) is 0 Å². The van der Waals surface area contributed by atoms with E-state index in [1.165, 1.54) is 31.2 Å². The Hall–Kier alpha value is -2.38. The van der Waals surface area contributed by atoms with Crippen LogP contribution in [0.2, 0.25) is 5.02 Å². The number of hydrogen-bond acceptors (Lipinski definition) is 4. The van der Waals surface area contributed by atoms with Crippen molar-refractivity contribution in [3.05, 3.63) is 53.1 Å². The van der Waals surface area contributed by atoms with Gasteiger partial charge in [-0.05, 0) is 48.9 Å². The highest BCUT2D eigenvalue weighted by Gasteiger charge is 2.17. The van der Waals surface area contributed by atoms with Gasteiger partial charge < -0.3 is 10.6 Å². The van der Waals surface area contributed by atoms with Crippen LogP contribution in [-0.2, 0) is 19.4 Å². The van der Waals surface area contributed by atoms with Gasteiger partial charge in [0.1, 0.15) is 0 Å². The molecule has 0 atom stereocenters. The van der Waals surface area contributed by atoms with Crippen molar-refractivity contribution < 1.29 is 18.0 Å². The molecule has 0 radical (unpaired) electrons. The molecular formula is C18H19ClN2O4S. The van der Waals surface area contributed by atoms with Gasteiger partial charge in [-0.1, -0.05) is 17.7 Å². The summed E-state index contributed by atoms with van der Waals surface area (Å²) in [6, 6.07) is 10.9. The van der Waals surface area contributed by atoms with E-state index >= 15 is 0 Å². The summed E-state index contributed by atoms with van der Waals surface area (Å²) in [5.41, 5.74) is 1.89. The van der Waals surface area contributed by atoms with Crippen molar-refractivity contribution in [1.82, 2.24) is 0 Å². The number of anilines is 2. The zero-order chi connectivity index (χ0) is 19.3. The summed E-state index contributed by atoms with van der Waals surface area (Å²) >= 11 is 5.90. The quantitative estimate of drug-likeness (QED) is 0.785. The van der Waals surface area contributed by atoms with Crippen molar-refractivity contribution in [3.8, 4) is 0 Å². The van der Waals surface area contributed by atoms with Crippen molar-refractivity contribution in [2.45, 2.75) is 25.2 Å². The molecule has 0 aliphatic rings. The molecule has 26 heavy (non-hydrogen) atoms. The molecule has 2 N–H and O–H groups in total. The van der Waals surface area contributed by atoms with E-state index in [-0.39, 0.29) is 23.0 Å². The maximum Gasteiger partial charge on any atom is 0.225 e. The topological polar surface area (TPSA) is 92.3 Å². The summed E-state index contributed by atoms with van der Waals surface area (Å²) in [7, 11) is -3.61. The molecule has 138 valence electrons. The van der Waals surface area contributed by atoms with Gasteiger partial charge in [0.2, 0.25) is 11.8 Å². The number of benzene rings is 2. The lowest BCUT2D eigenvalue weighted by atomic mass is 10.2. The number of carbonyl (C=O) groups is 2. The number of hydrogen-bond donors (Lipinski definition) is 2. The Morgan fingerprint density at radius 3 is 2.31 bits per heavy atom. The Morgan fingerprint density at radius 1 is 1.04 bits per heavy atom. The Labute approximate surface area is 157 Å². The summed E-state index contributed by atoms with van der Waals surface area (Å²) in [5.74, 6) is -0.972. The van der Waals surface area contributed by atoms with Gasteiger partial charge in [-0.3, -0.25) is 9.59 Å². The first-order chi connectivity index (χ1) is 12.2. The highest BCUT2D eigenvalue weighted by atomic mass is 35.5. The summed E-state index contributed by atoms with van der Waals surface area (Å²) in [6.07, 6.45) is -0.179. The van der Waals surface area contributed by atoms with Crippen LogP contribution in [0.15, 0.2) is 47.4 Å². The molecule has 0 heterocycles. The third-order valence-corrected chi connectivity index (χ3v) is 5.57.